The highest BCUT2D eigenvalue weighted by atomic mass is 31.2. The smallest absolute Gasteiger partial charge is 0.462 e. The van der Waals surface area contributed by atoms with Crippen molar-refractivity contribution in [1.29, 1.82) is 0 Å². The largest absolute Gasteiger partial charge is 0.472 e. The summed E-state index contributed by atoms with van der Waals surface area (Å²) < 4.78 is 68.4. The lowest BCUT2D eigenvalue weighted by molar-refractivity contribution is -0.161. The Bertz CT molecular complexity index is 1910. The molecule has 0 spiro atoms. The van der Waals surface area contributed by atoms with E-state index in [-0.39, 0.29) is 25.7 Å². The van der Waals surface area contributed by atoms with Crippen molar-refractivity contribution in [2.75, 3.05) is 39.6 Å². The Labute approximate surface area is 573 Å². The number of esters is 4. The monoisotopic (exact) mass is 1380 g/mol. The standard InChI is InChI=1S/C75H142O17P2/c1-7-9-11-13-15-17-18-19-20-23-29-34-40-46-52-58-73(78)86-64-71(92-74(79)59-53-47-41-35-30-24-21-22-27-32-37-43-49-55-67(3)4)66-90-94(83,84)88-62-69(76)61-87-93(81,82)89-65-70(63-85-72(77)57-51-45-39-16-14-12-10-8-2)91-75(80)60-54-48-42-36-31-26-25-28-33-38-44-50-56-68(5)6/h17-20,67-71,76H,7-16,21-66H2,1-6H3,(H,81,82)(H,83,84)/b18-17-,20-19-/t69-,70+,71+/m0/s1. The van der Waals surface area contributed by atoms with Crippen LogP contribution in [-0.4, -0.2) is 96.7 Å². The molecule has 554 valence electrons. The molecule has 3 N–H and O–H groups in total. The molecule has 0 bridgehead atoms. The number of phosphoric ester groups is 2. The molecule has 0 aromatic rings. The first kappa shape index (κ1) is 91.5. The van der Waals surface area contributed by atoms with E-state index in [4.69, 9.17) is 37.0 Å². The van der Waals surface area contributed by atoms with Gasteiger partial charge in [-0.05, 0) is 63.2 Å². The number of unbranched alkanes of at least 4 members (excludes halogenated alkanes) is 39. The van der Waals surface area contributed by atoms with Gasteiger partial charge < -0.3 is 33.8 Å². The molecule has 0 fully saturated rings. The molecule has 0 amide bonds. The van der Waals surface area contributed by atoms with Gasteiger partial charge in [0.25, 0.3) is 0 Å². The fourth-order valence-corrected chi connectivity index (χ4v) is 12.5. The molecular formula is C75H142O17P2. The minimum Gasteiger partial charge on any atom is -0.462 e. The first-order valence-corrected chi connectivity index (χ1v) is 41.3. The predicted molar refractivity (Wildman–Crippen MR) is 381 cm³/mol. The van der Waals surface area contributed by atoms with Gasteiger partial charge in [-0.2, -0.15) is 0 Å². The van der Waals surface area contributed by atoms with Crippen LogP contribution in [0.3, 0.4) is 0 Å². The molecule has 0 rings (SSSR count). The second-order valence-electron chi connectivity index (χ2n) is 27.3. The number of rotatable bonds is 72. The van der Waals surface area contributed by atoms with Crippen LogP contribution in [0.25, 0.3) is 0 Å². The molecule has 19 heteroatoms. The average Bonchev–Trinajstić information content (AvgIpc) is 1.43. The predicted octanol–water partition coefficient (Wildman–Crippen LogP) is 21.5. The summed E-state index contributed by atoms with van der Waals surface area (Å²) in [5.74, 6) is -0.590. The third-order valence-electron chi connectivity index (χ3n) is 16.8. The zero-order valence-corrected chi connectivity index (χ0v) is 62.5. The number of allylic oxidation sites excluding steroid dienone is 4. The lowest BCUT2D eigenvalue weighted by Gasteiger charge is -2.21. The summed E-state index contributed by atoms with van der Waals surface area (Å²) in [4.78, 5) is 72.7. The lowest BCUT2D eigenvalue weighted by atomic mass is 10.0. The van der Waals surface area contributed by atoms with Crippen LogP contribution < -0.4 is 0 Å². The van der Waals surface area contributed by atoms with Crippen molar-refractivity contribution >= 4 is 39.5 Å². The van der Waals surface area contributed by atoms with Crippen molar-refractivity contribution in [2.45, 2.75) is 381 Å². The van der Waals surface area contributed by atoms with Crippen molar-refractivity contribution in [3.63, 3.8) is 0 Å². The summed E-state index contributed by atoms with van der Waals surface area (Å²) in [7, 11) is -9.92. The van der Waals surface area contributed by atoms with E-state index in [2.05, 4.69) is 65.8 Å². The summed E-state index contributed by atoms with van der Waals surface area (Å²) in [5, 5.41) is 10.6. The Morgan fingerprint density at radius 2 is 0.574 bits per heavy atom. The van der Waals surface area contributed by atoms with Gasteiger partial charge >= 0.3 is 39.5 Å². The molecule has 0 heterocycles. The third kappa shape index (κ3) is 68.1. The van der Waals surface area contributed by atoms with E-state index in [0.29, 0.717) is 25.7 Å². The van der Waals surface area contributed by atoms with E-state index >= 15 is 0 Å². The molecule has 0 radical (unpaired) electrons. The highest BCUT2D eigenvalue weighted by molar-refractivity contribution is 7.47. The highest BCUT2D eigenvalue weighted by Crippen LogP contribution is 2.45. The van der Waals surface area contributed by atoms with Gasteiger partial charge in [0.1, 0.15) is 19.3 Å². The van der Waals surface area contributed by atoms with E-state index < -0.39 is 97.5 Å². The van der Waals surface area contributed by atoms with Gasteiger partial charge in [0.15, 0.2) is 12.2 Å². The average molecular weight is 1380 g/mol. The van der Waals surface area contributed by atoms with Crippen molar-refractivity contribution < 1.29 is 80.2 Å². The van der Waals surface area contributed by atoms with Crippen LogP contribution in [0.2, 0.25) is 0 Å². The van der Waals surface area contributed by atoms with Crippen molar-refractivity contribution in [3.05, 3.63) is 24.3 Å². The van der Waals surface area contributed by atoms with Gasteiger partial charge in [0, 0.05) is 25.7 Å². The summed E-state index contributed by atoms with van der Waals surface area (Å²) in [5.41, 5.74) is 0. The quantitative estimate of drug-likeness (QED) is 0.0169. The van der Waals surface area contributed by atoms with Crippen LogP contribution in [0.1, 0.15) is 363 Å². The van der Waals surface area contributed by atoms with Gasteiger partial charge in [-0.3, -0.25) is 37.3 Å². The summed E-state index contributed by atoms with van der Waals surface area (Å²) in [6.07, 6.45) is 56.3. The molecule has 0 aliphatic carbocycles. The van der Waals surface area contributed by atoms with E-state index in [1.54, 1.807) is 0 Å². The maximum absolute atomic E-state index is 13.1. The number of carbonyl (C=O) groups excluding carboxylic acids is 4. The highest BCUT2D eigenvalue weighted by Gasteiger charge is 2.30. The molecule has 2 unspecified atom stereocenters. The fraction of sp³-hybridized carbons (Fsp3) is 0.893. The van der Waals surface area contributed by atoms with Gasteiger partial charge in [-0.1, -0.05) is 310 Å². The lowest BCUT2D eigenvalue weighted by Crippen LogP contribution is -2.30. The number of aliphatic hydroxyl groups excluding tert-OH is 1. The number of carbonyl (C=O) groups is 4. The number of phosphoric acid groups is 2. The number of aliphatic hydroxyl groups is 1. The van der Waals surface area contributed by atoms with Crippen LogP contribution in [0.5, 0.6) is 0 Å². The number of hydrogen-bond acceptors (Lipinski definition) is 15. The Morgan fingerprint density at radius 3 is 0.872 bits per heavy atom. The first-order valence-electron chi connectivity index (χ1n) is 38.3. The molecule has 0 aromatic carbocycles. The fourth-order valence-electron chi connectivity index (χ4n) is 10.9. The first-order chi connectivity index (χ1) is 45.4. The second kappa shape index (κ2) is 66.4. The SMILES string of the molecule is CCCCCC/C=C\C=C/CCCCCCCC(=O)OC[C@H](COP(=O)(O)OC[C@@H](O)COP(=O)(O)OC[C@@H](COC(=O)CCCCCCCCCC)OC(=O)CCCCCCCCCCCCCCC(C)C)OC(=O)CCCCCCCCCCCCCCCC(C)C. The molecule has 0 aliphatic rings. The third-order valence-corrected chi connectivity index (χ3v) is 18.7. The van der Waals surface area contributed by atoms with E-state index in [9.17, 15) is 43.2 Å². The molecule has 0 aliphatic heterocycles. The molecule has 5 atom stereocenters. The zero-order chi connectivity index (χ0) is 69.3. The summed E-state index contributed by atoms with van der Waals surface area (Å²) in [6, 6.07) is 0. The van der Waals surface area contributed by atoms with E-state index in [0.717, 1.165) is 127 Å². The Hall–Kier alpha value is -2.46. The van der Waals surface area contributed by atoms with Gasteiger partial charge in [-0.25, -0.2) is 9.13 Å². The number of ether oxygens (including phenoxy) is 4. The van der Waals surface area contributed by atoms with Gasteiger partial charge in [-0.15, -0.1) is 0 Å². The minimum atomic E-state index is -4.96. The molecule has 17 nitrogen and oxygen atoms in total. The van der Waals surface area contributed by atoms with Crippen LogP contribution in [0.4, 0.5) is 0 Å². The topological polar surface area (TPSA) is 237 Å². The van der Waals surface area contributed by atoms with Gasteiger partial charge in [0.05, 0.1) is 26.4 Å². The zero-order valence-electron chi connectivity index (χ0n) is 60.7. The molecule has 0 aromatic heterocycles. The Morgan fingerprint density at radius 1 is 0.330 bits per heavy atom. The Balaban J connectivity index is 5.26. The second-order valence-corrected chi connectivity index (χ2v) is 30.2. The van der Waals surface area contributed by atoms with Crippen LogP contribution in [0.15, 0.2) is 24.3 Å². The number of hydrogen-bond donors (Lipinski definition) is 3. The van der Waals surface area contributed by atoms with Crippen LogP contribution in [0, 0.1) is 11.8 Å². The van der Waals surface area contributed by atoms with Crippen molar-refractivity contribution in [1.82, 2.24) is 0 Å². The molecule has 0 saturated heterocycles. The molecular weight excluding hydrogens is 1230 g/mol. The van der Waals surface area contributed by atoms with Crippen molar-refractivity contribution in [3.8, 4) is 0 Å². The maximum atomic E-state index is 13.1. The van der Waals surface area contributed by atoms with Crippen molar-refractivity contribution in [2.24, 2.45) is 11.8 Å². The Kier molecular flexibility index (Phi) is 64.7. The van der Waals surface area contributed by atoms with E-state index in [1.165, 1.54) is 154 Å². The maximum Gasteiger partial charge on any atom is 0.472 e. The van der Waals surface area contributed by atoms with E-state index in [1.807, 2.05) is 0 Å². The summed E-state index contributed by atoms with van der Waals surface area (Å²) >= 11 is 0. The van der Waals surface area contributed by atoms with Crippen LogP contribution in [-0.2, 0) is 65.4 Å². The van der Waals surface area contributed by atoms with Gasteiger partial charge in [0.2, 0.25) is 0 Å². The molecule has 0 saturated carbocycles. The normalized spacial score (nSPS) is 14.2. The van der Waals surface area contributed by atoms with Crippen LogP contribution >= 0.6 is 15.6 Å². The minimum absolute atomic E-state index is 0.100. The molecule has 94 heavy (non-hydrogen) atoms. The summed E-state index contributed by atoms with van der Waals surface area (Å²) in [6.45, 7) is 9.52.